The van der Waals surface area contributed by atoms with E-state index in [0.29, 0.717) is 6.07 Å². The van der Waals surface area contributed by atoms with Crippen molar-refractivity contribution in [3.63, 3.8) is 0 Å². The summed E-state index contributed by atoms with van der Waals surface area (Å²) >= 11 is 0. The third-order valence-electron chi connectivity index (χ3n) is 2.09. The van der Waals surface area contributed by atoms with E-state index in [2.05, 4.69) is 0 Å². The molecule has 0 heterocycles. The molecule has 6 heteroatoms. The second-order valence-corrected chi connectivity index (χ2v) is 3.07. The van der Waals surface area contributed by atoms with Crippen LogP contribution in [0.5, 0.6) is 0 Å². The predicted molar refractivity (Wildman–Crippen MR) is 43.7 cm³/mol. The second kappa shape index (κ2) is 3.40. The summed E-state index contributed by atoms with van der Waals surface area (Å²) in [6.07, 6.45) is 0. The van der Waals surface area contributed by atoms with E-state index in [4.69, 9.17) is 0 Å². The van der Waals surface area contributed by atoms with E-state index >= 15 is 0 Å². The molecule has 0 aliphatic carbocycles. The normalized spacial score (nSPS) is 11.1. The van der Waals surface area contributed by atoms with Crippen molar-refractivity contribution >= 4 is 10.8 Å². The van der Waals surface area contributed by atoms with Gasteiger partial charge in [-0.05, 0) is 6.07 Å². The van der Waals surface area contributed by atoms with Gasteiger partial charge in [0.1, 0.15) is 11.6 Å². The number of hydrogen-bond acceptors (Lipinski definition) is 0. The first kappa shape index (κ1) is 10.8. The van der Waals surface area contributed by atoms with Gasteiger partial charge in [0, 0.05) is 11.5 Å². The van der Waals surface area contributed by atoms with Crippen LogP contribution in [0.15, 0.2) is 12.1 Å². The predicted octanol–water partition coefficient (Wildman–Crippen LogP) is 3.67. The molecule has 2 aromatic carbocycles. The Hall–Kier alpha value is -1.72. The van der Waals surface area contributed by atoms with Gasteiger partial charge in [-0.25, -0.2) is 26.3 Å². The summed E-state index contributed by atoms with van der Waals surface area (Å²) in [7, 11) is 0. The standard InChI is InChI=1S/C10H2F6/c11-3-1-4-6(5(12)2-3)8(14)10(16)9(15)7(4)13/h1-2H. The SMILES string of the molecule is Fc1cc(F)c2c(F)c(F)c(F)c(F)c2c1. The Labute approximate surface area is 85.1 Å². The van der Waals surface area contributed by atoms with Gasteiger partial charge in [0.05, 0.1) is 5.39 Å². The molecule has 0 fully saturated rings. The Morgan fingerprint density at radius 3 is 1.81 bits per heavy atom. The number of benzene rings is 2. The van der Waals surface area contributed by atoms with Gasteiger partial charge in [-0.3, -0.25) is 0 Å². The minimum atomic E-state index is -2.13. The summed E-state index contributed by atoms with van der Waals surface area (Å²) in [4.78, 5) is 0. The lowest BCUT2D eigenvalue weighted by molar-refractivity contribution is 0.416. The maximum absolute atomic E-state index is 13.1. The average Bonchev–Trinajstić information content (AvgIpc) is 2.22. The Morgan fingerprint density at radius 1 is 0.625 bits per heavy atom. The van der Waals surface area contributed by atoms with Crippen molar-refractivity contribution in [1.82, 2.24) is 0 Å². The van der Waals surface area contributed by atoms with Gasteiger partial charge in [0.15, 0.2) is 23.3 Å². The molecular formula is C10H2F6. The molecule has 0 aliphatic heterocycles. The third-order valence-corrected chi connectivity index (χ3v) is 2.09. The Bertz CT molecular complexity index is 590. The quantitative estimate of drug-likeness (QED) is 0.372. The van der Waals surface area contributed by atoms with Gasteiger partial charge in [-0.15, -0.1) is 0 Å². The fourth-order valence-electron chi connectivity index (χ4n) is 1.39. The van der Waals surface area contributed by atoms with Gasteiger partial charge in [-0.1, -0.05) is 0 Å². The van der Waals surface area contributed by atoms with E-state index in [1.165, 1.54) is 0 Å². The zero-order chi connectivity index (χ0) is 12.0. The van der Waals surface area contributed by atoms with Gasteiger partial charge in [-0.2, -0.15) is 0 Å². The summed E-state index contributed by atoms with van der Waals surface area (Å²) in [5.74, 6) is -10.6. The van der Waals surface area contributed by atoms with Crippen molar-refractivity contribution in [3.8, 4) is 0 Å². The van der Waals surface area contributed by atoms with Crippen LogP contribution in [0.2, 0.25) is 0 Å². The van der Waals surface area contributed by atoms with Crippen molar-refractivity contribution in [1.29, 1.82) is 0 Å². The second-order valence-electron chi connectivity index (χ2n) is 3.07. The number of fused-ring (bicyclic) bond motifs is 1. The topological polar surface area (TPSA) is 0 Å². The lowest BCUT2D eigenvalue weighted by Crippen LogP contribution is -2.00. The van der Waals surface area contributed by atoms with Gasteiger partial charge in [0.25, 0.3) is 0 Å². The van der Waals surface area contributed by atoms with Crippen LogP contribution in [0.1, 0.15) is 0 Å². The molecular weight excluding hydrogens is 234 g/mol. The first-order chi connectivity index (χ1) is 7.43. The summed E-state index contributed by atoms with van der Waals surface area (Å²) < 4.78 is 77.4. The zero-order valence-corrected chi connectivity index (χ0v) is 7.42. The van der Waals surface area contributed by atoms with E-state index in [-0.39, 0.29) is 6.07 Å². The van der Waals surface area contributed by atoms with Crippen LogP contribution in [-0.4, -0.2) is 0 Å². The fourth-order valence-corrected chi connectivity index (χ4v) is 1.39. The molecule has 16 heavy (non-hydrogen) atoms. The molecule has 0 N–H and O–H groups in total. The largest absolute Gasteiger partial charge is 0.207 e. The van der Waals surface area contributed by atoms with Gasteiger partial charge in [0.2, 0.25) is 0 Å². The molecule has 2 aromatic rings. The number of rotatable bonds is 0. The Kier molecular flexibility index (Phi) is 2.29. The molecule has 0 saturated carbocycles. The molecule has 84 valence electrons. The molecule has 0 spiro atoms. The highest BCUT2D eigenvalue weighted by atomic mass is 19.2. The first-order valence-corrected chi connectivity index (χ1v) is 4.04. The van der Waals surface area contributed by atoms with Crippen LogP contribution >= 0.6 is 0 Å². The Morgan fingerprint density at radius 2 is 1.19 bits per heavy atom. The van der Waals surface area contributed by atoms with Crippen molar-refractivity contribution in [2.24, 2.45) is 0 Å². The minimum absolute atomic E-state index is 0.252. The van der Waals surface area contributed by atoms with Crippen LogP contribution in [0.25, 0.3) is 10.8 Å². The molecule has 0 bridgehead atoms. The summed E-state index contributed by atoms with van der Waals surface area (Å²) in [5, 5.41) is -2.09. The first-order valence-electron chi connectivity index (χ1n) is 4.04. The molecule has 0 aromatic heterocycles. The number of hydrogen-bond donors (Lipinski definition) is 0. The van der Waals surface area contributed by atoms with Crippen LogP contribution in [0, 0.1) is 34.9 Å². The van der Waals surface area contributed by atoms with E-state index in [1.807, 2.05) is 0 Å². The molecule has 0 radical (unpaired) electrons. The highest BCUT2D eigenvalue weighted by Gasteiger charge is 2.23. The maximum atomic E-state index is 13.1. The van der Waals surface area contributed by atoms with Crippen LogP contribution in [-0.2, 0) is 0 Å². The smallest absolute Gasteiger partial charge is 0.198 e. The summed E-state index contributed by atoms with van der Waals surface area (Å²) in [5.41, 5.74) is 0. The molecule has 0 saturated heterocycles. The fraction of sp³-hybridized carbons (Fsp3) is 0. The molecule has 0 unspecified atom stereocenters. The Balaban J connectivity index is 3.08. The maximum Gasteiger partial charge on any atom is 0.198 e. The molecule has 0 nitrogen and oxygen atoms in total. The van der Waals surface area contributed by atoms with Gasteiger partial charge < -0.3 is 0 Å². The molecule has 2 rings (SSSR count). The molecule has 0 aliphatic rings. The van der Waals surface area contributed by atoms with E-state index in [9.17, 15) is 26.3 Å². The van der Waals surface area contributed by atoms with Crippen molar-refractivity contribution in [2.75, 3.05) is 0 Å². The lowest BCUT2D eigenvalue weighted by Gasteiger charge is -2.05. The highest BCUT2D eigenvalue weighted by Crippen LogP contribution is 2.29. The zero-order valence-electron chi connectivity index (χ0n) is 7.42. The van der Waals surface area contributed by atoms with E-state index in [1.54, 1.807) is 0 Å². The monoisotopic (exact) mass is 236 g/mol. The third kappa shape index (κ3) is 1.33. The molecule has 0 amide bonds. The summed E-state index contributed by atoms with van der Waals surface area (Å²) in [6.45, 7) is 0. The minimum Gasteiger partial charge on any atom is -0.207 e. The highest BCUT2D eigenvalue weighted by molar-refractivity contribution is 5.84. The van der Waals surface area contributed by atoms with Crippen LogP contribution < -0.4 is 0 Å². The van der Waals surface area contributed by atoms with Crippen LogP contribution in [0.3, 0.4) is 0 Å². The molecule has 0 atom stereocenters. The van der Waals surface area contributed by atoms with E-state index in [0.717, 1.165) is 0 Å². The van der Waals surface area contributed by atoms with Crippen molar-refractivity contribution < 1.29 is 26.3 Å². The average molecular weight is 236 g/mol. The van der Waals surface area contributed by atoms with Crippen LogP contribution in [0.4, 0.5) is 26.3 Å². The van der Waals surface area contributed by atoms with Crippen molar-refractivity contribution in [2.45, 2.75) is 0 Å². The number of halogens is 6. The van der Waals surface area contributed by atoms with Crippen molar-refractivity contribution in [3.05, 3.63) is 47.0 Å². The lowest BCUT2D eigenvalue weighted by atomic mass is 10.1. The summed E-state index contributed by atoms with van der Waals surface area (Å²) in [6, 6.07) is 0.640. The van der Waals surface area contributed by atoms with Gasteiger partial charge >= 0.3 is 0 Å². The van der Waals surface area contributed by atoms with E-state index < -0.39 is 45.7 Å².